The molecule has 0 unspecified atom stereocenters. The zero-order valence-electron chi connectivity index (χ0n) is 17.2. The quantitative estimate of drug-likeness (QED) is 0.483. The van der Waals surface area contributed by atoms with Crippen LogP contribution in [0.2, 0.25) is 0 Å². The Morgan fingerprint density at radius 2 is 1.74 bits per heavy atom. The molecular weight excluding hydrogens is 389 g/mol. The number of aromatic amines is 1. The van der Waals surface area contributed by atoms with Gasteiger partial charge in [0.05, 0.1) is 11.0 Å². The number of carbonyl (C=O) groups is 1. The van der Waals surface area contributed by atoms with E-state index in [0.29, 0.717) is 24.6 Å². The average molecular weight is 413 g/mol. The minimum absolute atomic E-state index is 0.0436. The van der Waals surface area contributed by atoms with Gasteiger partial charge in [0, 0.05) is 24.2 Å². The van der Waals surface area contributed by atoms with E-state index in [1.165, 1.54) is 6.07 Å². The maximum atomic E-state index is 13.9. The first-order chi connectivity index (χ1) is 15.2. The number of likely N-dealkylation sites (tertiary alicyclic amines) is 1. The van der Waals surface area contributed by atoms with E-state index in [4.69, 9.17) is 0 Å². The molecule has 2 heterocycles. The summed E-state index contributed by atoms with van der Waals surface area (Å²) in [5.41, 5.74) is 4.16. The number of nitrogens with one attached hydrogen (secondary N) is 1. The lowest BCUT2D eigenvalue weighted by Crippen LogP contribution is -2.39. The molecule has 1 aliphatic heterocycles. The SMILES string of the molecule is O=C(c1ccc2nc(-c3ccccc3)[nH]c2c1)N1CCC(Cc2ccccc2F)CC1. The number of hydrogen-bond donors (Lipinski definition) is 1. The van der Waals surface area contributed by atoms with Gasteiger partial charge < -0.3 is 9.88 Å². The van der Waals surface area contributed by atoms with E-state index >= 15 is 0 Å². The van der Waals surface area contributed by atoms with Crippen LogP contribution in [0.1, 0.15) is 28.8 Å². The van der Waals surface area contributed by atoms with Crippen molar-refractivity contribution in [3.63, 3.8) is 0 Å². The molecular formula is C26H24FN3O. The zero-order chi connectivity index (χ0) is 21.2. The number of fused-ring (bicyclic) bond motifs is 1. The van der Waals surface area contributed by atoms with Crippen molar-refractivity contribution in [2.45, 2.75) is 19.3 Å². The van der Waals surface area contributed by atoms with E-state index in [1.807, 2.05) is 65.6 Å². The van der Waals surface area contributed by atoms with Crippen molar-refractivity contribution in [1.29, 1.82) is 0 Å². The predicted octanol–water partition coefficient (Wildman–Crippen LogP) is 5.46. The Morgan fingerprint density at radius 3 is 2.52 bits per heavy atom. The highest BCUT2D eigenvalue weighted by Crippen LogP contribution is 2.25. The number of halogens is 1. The van der Waals surface area contributed by atoms with E-state index < -0.39 is 0 Å². The summed E-state index contributed by atoms with van der Waals surface area (Å²) < 4.78 is 13.9. The van der Waals surface area contributed by atoms with E-state index in [9.17, 15) is 9.18 Å². The maximum Gasteiger partial charge on any atom is 0.253 e. The van der Waals surface area contributed by atoms with Gasteiger partial charge in [-0.2, -0.15) is 0 Å². The minimum Gasteiger partial charge on any atom is -0.339 e. The van der Waals surface area contributed by atoms with Crippen molar-refractivity contribution < 1.29 is 9.18 Å². The van der Waals surface area contributed by atoms with Crippen molar-refractivity contribution in [2.24, 2.45) is 5.92 Å². The van der Waals surface area contributed by atoms with Crippen LogP contribution in [0.4, 0.5) is 4.39 Å². The van der Waals surface area contributed by atoms with Crippen LogP contribution >= 0.6 is 0 Å². The van der Waals surface area contributed by atoms with Crippen LogP contribution < -0.4 is 0 Å². The second-order valence-electron chi connectivity index (χ2n) is 8.21. The Labute approximate surface area is 180 Å². The Morgan fingerprint density at radius 1 is 1.00 bits per heavy atom. The monoisotopic (exact) mass is 413 g/mol. The molecule has 5 heteroatoms. The normalized spacial score (nSPS) is 14.8. The van der Waals surface area contributed by atoms with Crippen molar-refractivity contribution in [3.05, 3.63) is 89.7 Å². The molecule has 1 N–H and O–H groups in total. The number of carbonyl (C=O) groups excluding carboxylic acids is 1. The minimum atomic E-state index is -0.135. The lowest BCUT2D eigenvalue weighted by Gasteiger charge is -2.32. The molecule has 4 aromatic rings. The predicted molar refractivity (Wildman–Crippen MR) is 120 cm³/mol. The standard InChI is InChI=1S/C26H24FN3O/c27-22-9-5-4-8-20(22)16-18-12-14-30(15-13-18)26(31)21-10-11-23-24(17-21)29-25(28-23)19-6-2-1-3-7-19/h1-11,17-18H,12-16H2,(H,28,29). The van der Waals surface area contributed by atoms with Crippen LogP contribution in [-0.4, -0.2) is 33.9 Å². The highest BCUT2D eigenvalue weighted by Gasteiger charge is 2.24. The van der Waals surface area contributed by atoms with Crippen molar-refractivity contribution in [2.75, 3.05) is 13.1 Å². The first-order valence-electron chi connectivity index (χ1n) is 10.8. The number of piperidine rings is 1. The van der Waals surface area contributed by atoms with Crippen LogP contribution in [0.15, 0.2) is 72.8 Å². The molecule has 31 heavy (non-hydrogen) atoms. The van der Waals surface area contributed by atoms with Gasteiger partial charge >= 0.3 is 0 Å². The molecule has 1 aliphatic rings. The van der Waals surface area contributed by atoms with Crippen molar-refractivity contribution in [3.8, 4) is 11.4 Å². The number of amides is 1. The Bertz CT molecular complexity index is 1210. The summed E-state index contributed by atoms with van der Waals surface area (Å²) in [4.78, 5) is 23.0. The third-order valence-electron chi connectivity index (χ3n) is 6.14. The van der Waals surface area contributed by atoms with Gasteiger partial charge in [-0.3, -0.25) is 4.79 Å². The third-order valence-corrected chi connectivity index (χ3v) is 6.14. The molecule has 5 rings (SSSR count). The van der Waals surface area contributed by atoms with Crippen LogP contribution in [0.25, 0.3) is 22.4 Å². The topological polar surface area (TPSA) is 49.0 Å². The van der Waals surface area contributed by atoms with E-state index in [-0.39, 0.29) is 11.7 Å². The molecule has 0 radical (unpaired) electrons. The van der Waals surface area contributed by atoms with Crippen LogP contribution in [0, 0.1) is 11.7 Å². The highest BCUT2D eigenvalue weighted by atomic mass is 19.1. The van der Waals surface area contributed by atoms with Gasteiger partial charge in [0.25, 0.3) is 5.91 Å². The summed E-state index contributed by atoms with van der Waals surface area (Å²) in [5.74, 6) is 1.12. The Kier molecular flexibility index (Phi) is 5.24. The number of nitrogens with zero attached hydrogens (tertiary/aromatic N) is 2. The van der Waals surface area contributed by atoms with Crippen molar-refractivity contribution >= 4 is 16.9 Å². The molecule has 0 spiro atoms. The van der Waals surface area contributed by atoms with Gasteiger partial charge in [0.1, 0.15) is 11.6 Å². The summed E-state index contributed by atoms with van der Waals surface area (Å²) in [6, 6.07) is 22.6. The fourth-order valence-electron chi connectivity index (χ4n) is 4.37. The number of hydrogen-bond acceptors (Lipinski definition) is 2. The van der Waals surface area contributed by atoms with Crippen LogP contribution in [0.3, 0.4) is 0 Å². The maximum absolute atomic E-state index is 13.9. The first kappa shape index (κ1) is 19.5. The van der Waals surface area contributed by atoms with Gasteiger partial charge in [-0.1, -0.05) is 48.5 Å². The second-order valence-corrected chi connectivity index (χ2v) is 8.21. The summed E-state index contributed by atoms with van der Waals surface area (Å²) in [6.07, 6.45) is 2.52. The smallest absolute Gasteiger partial charge is 0.253 e. The summed E-state index contributed by atoms with van der Waals surface area (Å²) in [5, 5.41) is 0. The molecule has 156 valence electrons. The van der Waals surface area contributed by atoms with Gasteiger partial charge in [-0.15, -0.1) is 0 Å². The lowest BCUT2D eigenvalue weighted by atomic mass is 9.89. The molecule has 1 fully saturated rings. The summed E-state index contributed by atoms with van der Waals surface area (Å²) in [7, 11) is 0. The van der Waals surface area contributed by atoms with Crippen molar-refractivity contribution in [1.82, 2.24) is 14.9 Å². The van der Waals surface area contributed by atoms with E-state index in [2.05, 4.69) is 9.97 Å². The van der Waals surface area contributed by atoms with Crippen LogP contribution in [0.5, 0.6) is 0 Å². The molecule has 0 saturated carbocycles. The third kappa shape index (κ3) is 4.08. The molecule has 1 aromatic heterocycles. The largest absolute Gasteiger partial charge is 0.339 e. The highest BCUT2D eigenvalue weighted by molar-refractivity contribution is 5.97. The fraction of sp³-hybridized carbons (Fsp3) is 0.231. The number of rotatable bonds is 4. The van der Waals surface area contributed by atoms with E-state index in [0.717, 1.165) is 47.2 Å². The Hall–Kier alpha value is -3.47. The van der Waals surface area contributed by atoms with Gasteiger partial charge in [0.15, 0.2) is 0 Å². The molecule has 1 amide bonds. The van der Waals surface area contributed by atoms with Gasteiger partial charge in [0.2, 0.25) is 0 Å². The Balaban J connectivity index is 1.27. The number of H-pyrrole nitrogens is 1. The molecule has 0 atom stereocenters. The average Bonchev–Trinajstić information content (AvgIpc) is 3.25. The summed E-state index contributed by atoms with van der Waals surface area (Å²) in [6.45, 7) is 1.41. The lowest BCUT2D eigenvalue weighted by molar-refractivity contribution is 0.0690. The van der Waals surface area contributed by atoms with Gasteiger partial charge in [-0.25, -0.2) is 9.37 Å². The fourth-order valence-corrected chi connectivity index (χ4v) is 4.37. The number of benzene rings is 3. The number of imidazole rings is 1. The molecule has 3 aromatic carbocycles. The molecule has 4 nitrogen and oxygen atoms in total. The molecule has 1 saturated heterocycles. The van der Waals surface area contributed by atoms with Gasteiger partial charge in [-0.05, 0) is 55.0 Å². The van der Waals surface area contributed by atoms with E-state index in [1.54, 1.807) is 6.07 Å². The van der Waals surface area contributed by atoms with Crippen LogP contribution in [-0.2, 0) is 6.42 Å². The second kappa shape index (κ2) is 8.34. The zero-order valence-corrected chi connectivity index (χ0v) is 17.2. The number of aromatic nitrogens is 2. The molecule has 0 bridgehead atoms. The summed E-state index contributed by atoms with van der Waals surface area (Å²) >= 11 is 0. The molecule has 0 aliphatic carbocycles. The first-order valence-corrected chi connectivity index (χ1v) is 10.8.